The van der Waals surface area contributed by atoms with Crippen LogP contribution >= 0.6 is 0 Å². The minimum absolute atomic E-state index is 0.114. The van der Waals surface area contributed by atoms with E-state index in [0.717, 1.165) is 11.1 Å². The maximum absolute atomic E-state index is 13.4. The van der Waals surface area contributed by atoms with Crippen molar-refractivity contribution in [3.8, 4) is 6.07 Å². The molecule has 3 aromatic rings. The monoisotopic (exact) mass is 485 g/mol. The molecule has 1 aliphatic rings. The highest BCUT2D eigenvalue weighted by molar-refractivity contribution is 7.90. The number of hydrogen-bond donors (Lipinski definition) is 2. The van der Waals surface area contributed by atoms with Crippen LogP contribution in [0, 0.1) is 18.3 Å². The number of carbonyl (C=O) groups excluding carboxylic acids is 2. The molecule has 0 aromatic heterocycles. The van der Waals surface area contributed by atoms with E-state index < -0.39 is 17.2 Å². The van der Waals surface area contributed by atoms with Gasteiger partial charge in [-0.2, -0.15) is 5.26 Å². The van der Waals surface area contributed by atoms with Crippen LogP contribution in [0.5, 0.6) is 0 Å². The van der Waals surface area contributed by atoms with Crippen molar-refractivity contribution in [2.24, 2.45) is 0 Å². The van der Waals surface area contributed by atoms with Gasteiger partial charge in [0.05, 0.1) is 17.7 Å². The van der Waals surface area contributed by atoms with E-state index in [-0.39, 0.29) is 11.9 Å². The number of nitrogens with one attached hydrogen (secondary N) is 2. The molecule has 0 bridgehead atoms. The van der Waals surface area contributed by atoms with Gasteiger partial charge >= 0.3 is 6.03 Å². The van der Waals surface area contributed by atoms with Gasteiger partial charge in [-0.1, -0.05) is 25.1 Å². The van der Waals surface area contributed by atoms with Crippen LogP contribution in [-0.2, 0) is 17.6 Å². The van der Waals surface area contributed by atoms with Gasteiger partial charge in [-0.15, -0.1) is 0 Å². The molecule has 0 fully saturated rings. The molecule has 177 valence electrons. The molecule has 2 atom stereocenters. The van der Waals surface area contributed by atoms with Crippen LogP contribution in [0.3, 0.4) is 0 Å². The molecule has 1 heterocycles. The third-order valence-corrected chi connectivity index (χ3v) is 6.85. The standard InChI is InChI=1S/C27H25N4O3S/c1-3-14-31-25(19-6-4-18(17-28)5-7-19)15-20-8-9-22(16-24(20)26(31)32)30-27(33)29-21-10-12-23(13-11-21)35(2)34/h4-13,16,25H,1,3,14-15H2,2H3,(H2,29,30,33)/t25-,35?/m1/s1. The Morgan fingerprint density at radius 2 is 1.77 bits per heavy atom. The molecule has 1 radical (unpaired) electrons. The van der Waals surface area contributed by atoms with Gasteiger partial charge in [0.2, 0.25) is 0 Å². The van der Waals surface area contributed by atoms with Gasteiger partial charge < -0.3 is 20.1 Å². The summed E-state index contributed by atoms with van der Waals surface area (Å²) in [5.74, 6) is -0.114. The Hall–Kier alpha value is -3.80. The van der Waals surface area contributed by atoms with E-state index in [1.165, 1.54) is 0 Å². The number of anilines is 2. The first kappa shape index (κ1) is 24.3. The fourth-order valence-corrected chi connectivity index (χ4v) is 4.69. The molecular formula is C27H25N4O3S. The summed E-state index contributed by atoms with van der Waals surface area (Å²) in [5.41, 5.74) is 4.07. The molecule has 1 unspecified atom stereocenters. The lowest BCUT2D eigenvalue weighted by Crippen LogP contribution is -2.41. The summed E-state index contributed by atoms with van der Waals surface area (Å²) < 4.78 is 11.5. The first-order chi connectivity index (χ1) is 16.9. The minimum Gasteiger partial charge on any atom is -0.612 e. The van der Waals surface area contributed by atoms with Gasteiger partial charge in [0, 0.05) is 23.5 Å². The Kier molecular flexibility index (Phi) is 7.39. The van der Waals surface area contributed by atoms with Gasteiger partial charge in [-0.25, -0.2) is 4.79 Å². The molecule has 3 amide bonds. The largest absolute Gasteiger partial charge is 0.612 e. The highest BCUT2D eigenvalue weighted by Gasteiger charge is 2.33. The quantitative estimate of drug-likeness (QED) is 0.484. The van der Waals surface area contributed by atoms with Crippen LogP contribution in [0.4, 0.5) is 16.2 Å². The van der Waals surface area contributed by atoms with Crippen LogP contribution in [0.2, 0.25) is 0 Å². The fraction of sp³-hybridized carbons (Fsp3) is 0.185. The maximum Gasteiger partial charge on any atom is 0.323 e. The van der Waals surface area contributed by atoms with Gasteiger partial charge in [0.25, 0.3) is 5.91 Å². The smallest absolute Gasteiger partial charge is 0.323 e. The van der Waals surface area contributed by atoms with Crippen molar-refractivity contribution in [2.75, 3.05) is 23.4 Å². The first-order valence-electron chi connectivity index (χ1n) is 11.1. The third-order valence-electron chi connectivity index (χ3n) is 5.92. The van der Waals surface area contributed by atoms with Crippen molar-refractivity contribution in [2.45, 2.75) is 23.8 Å². The minimum atomic E-state index is -1.09. The van der Waals surface area contributed by atoms with E-state index >= 15 is 0 Å². The number of carbonyl (C=O) groups is 2. The normalized spacial score (nSPS) is 15.7. The summed E-state index contributed by atoms with van der Waals surface area (Å²) in [6.45, 7) is 4.42. The van der Waals surface area contributed by atoms with Gasteiger partial charge in [0.1, 0.15) is 6.26 Å². The summed E-state index contributed by atoms with van der Waals surface area (Å²) in [7, 11) is 0. The van der Waals surface area contributed by atoms with E-state index in [1.54, 1.807) is 59.7 Å². The van der Waals surface area contributed by atoms with Gasteiger partial charge in [0.15, 0.2) is 4.90 Å². The molecule has 0 aliphatic carbocycles. The number of nitriles is 1. The topological polar surface area (TPSA) is 108 Å². The Morgan fingerprint density at radius 1 is 1.11 bits per heavy atom. The number of nitrogens with zero attached hydrogens (tertiary/aromatic N) is 2. The zero-order valence-electron chi connectivity index (χ0n) is 19.3. The van der Waals surface area contributed by atoms with E-state index in [0.29, 0.717) is 46.8 Å². The van der Waals surface area contributed by atoms with Crippen LogP contribution in [0.1, 0.15) is 39.5 Å². The highest BCUT2D eigenvalue weighted by Crippen LogP contribution is 2.34. The van der Waals surface area contributed by atoms with E-state index in [2.05, 4.69) is 23.6 Å². The lowest BCUT2D eigenvalue weighted by Gasteiger charge is -2.37. The Labute approximate surface area is 207 Å². The number of fused-ring (bicyclic) bond motifs is 1. The summed E-state index contributed by atoms with van der Waals surface area (Å²) in [5, 5.41) is 14.6. The highest BCUT2D eigenvalue weighted by atomic mass is 32.2. The fourth-order valence-electron chi connectivity index (χ4n) is 4.17. The Morgan fingerprint density at radius 3 is 2.40 bits per heavy atom. The molecule has 35 heavy (non-hydrogen) atoms. The van der Waals surface area contributed by atoms with Crippen molar-refractivity contribution in [1.82, 2.24) is 4.90 Å². The first-order valence-corrected chi connectivity index (χ1v) is 12.7. The molecule has 0 saturated carbocycles. The van der Waals surface area contributed by atoms with E-state index in [9.17, 15) is 14.1 Å². The molecule has 0 spiro atoms. The third kappa shape index (κ3) is 5.48. The van der Waals surface area contributed by atoms with Crippen LogP contribution in [0.25, 0.3) is 0 Å². The number of benzene rings is 3. The SMILES string of the molecule is [CH2]CCN1C(=O)c2cc(NC(=O)Nc3ccc([S+](C)[O-])cc3)ccc2C[C@@H]1c1ccc(C#N)cc1. The second-order valence-electron chi connectivity index (χ2n) is 8.24. The molecule has 0 saturated heterocycles. The van der Waals surface area contributed by atoms with Crippen molar-refractivity contribution < 1.29 is 14.1 Å². The number of rotatable bonds is 6. The van der Waals surface area contributed by atoms with Gasteiger partial charge in [-0.3, -0.25) is 4.79 Å². The summed E-state index contributed by atoms with van der Waals surface area (Å²) in [4.78, 5) is 28.4. The average Bonchev–Trinajstić information content (AvgIpc) is 2.86. The number of hydrogen-bond acceptors (Lipinski definition) is 4. The average molecular weight is 486 g/mol. The summed E-state index contributed by atoms with van der Waals surface area (Å²) >= 11 is -1.09. The Balaban J connectivity index is 1.52. The van der Waals surface area contributed by atoms with Crippen molar-refractivity contribution in [3.63, 3.8) is 0 Å². The molecule has 8 heteroatoms. The predicted molar refractivity (Wildman–Crippen MR) is 136 cm³/mol. The van der Waals surface area contributed by atoms with Gasteiger partial charge in [-0.05, 0) is 83.7 Å². The zero-order valence-corrected chi connectivity index (χ0v) is 20.1. The maximum atomic E-state index is 13.4. The molecule has 2 N–H and O–H groups in total. The second-order valence-corrected chi connectivity index (χ2v) is 9.62. The van der Waals surface area contributed by atoms with Crippen LogP contribution < -0.4 is 10.6 Å². The summed E-state index contributed by atoms with van der Waals surface area (Å²) in [6.07, 6.45) is 2.79. The van der Waals surface area contributed by atoms with Crippen molar-refractivity contribution in [1.29, 1.82) is 5.26 Å². The lowest BCUT2D eigenvalue weighted by molar-refractivity contribution is 0.0651. The molecular weight excluding hydrogens is 460 g/mol. The number of urea groups is 1. The number of amides is 3. The second kappa shape index (κ2) is 10.6. The summed E-state index contributed by atoms with van der Waals surface area (Å²) in [6, 6.07) is 21.0. The lowest BCUT2D eigenvalue weighted by atomic mass is 9.88. The van der Waals surface area contributed by atoms with Crippen molar-refractivity contribution in [3.05, 3.63) is 95.9 Å². The van der Waals surface area contributed by atoms with E-state index in [1.807, 2.05) is 18.2 Å². The van der Waals surface area contributed by atoms with Crippen molar-refractivity contribution >= 4 is 34.5 Å². The molecule has 1 aliphatic heterocycles. The van der Waals surface area contributed by atoms with E-state index in [4.69, 9.17) is 5.26 Å². The van der Waals surface area contributed by atoms with Crippen LogP contribution in [-0.4, -0.2) is 34.2 Å². The molecule has 4 rings (SSSR count). The zero-order chi connectivity index (χ0) is 24.9. The molecule has 7 nitrogen and oxygen atoms in total. The molecule has 3 aromatic carbocycles. The van der Waals surface area contributed by atoms with Crippen LogP contribution in [0.15, 0.2) is 71.6 Å². The Bertz CT molecular complexity index is 1270. The predicted octanol–water partition coefficient (Wildman–Crippen LogP) is 4.90.